The molecule has 2 saturated carbocycles. The van der Waals surface area contributed by atoms with Crippen LogP contribution >= 0.6 is 11.3 Å². The summed E-state index contributed by atoms with van der Waals surface area (Å²) in [5, 5.41) is 5.49. The van der Waals surface area contributed by atoms with E-state index in [0.29, 0.717) is 11.5 Å². The van der Waals surface area contributed by atoms with Crippen LogP contribution in [0.25, 0.3) is 0 Å². The van der Waals surface area contributed by atoms with Gasteiger partial charge in [-0.1, -0.05) is 56.9 Å². The van der Waals surface area contributed by atoms with Crippen molar-refractivity contribution in [1.29, 1.82) is 0 Å². The fraction of sp³-hybridized carbons (Fsp3) is 0.538. The van der Waals surface area contributed by atoms with Gasteiger partial charge in [-0.2, -0.15) is 0 Å². The predicted octanol–water partition coefficient (Wildman–Crippen LogP) is 5.67. The van der Waals surface area contributed by atoms with E-state index in [9.17, 15) is 9.59 Å². The van der Waals surface area contributed by atoms with E-state index >= 15 is 0 Å². The monoisotopic (exact) mass is 436 g/mol. The third kappa shape index (κ3) is 3.82. The highest BCUT2D eigenvalue weighted by Crippen LogP contribution is 2.47. The molecular weight excluding hydrogens is 404 g/mol. The highest BCUT2D eigenvalue weighted by molar-refractivity contribution is 7.10. The fourth-order valence-electron chi connectivity index (χ4n) is 5.98. The van der Waals surface area contributed by atoms with Crippen LogP contribution < -0.4 is 5.32 Å². The molecule has 0 saturated heterocycles. The number of nitrogens with zero attached hydrogens (tertiary/aromatic N) is 1. The molecule has 1 aliphatic heterocycles. The number of rotatable bonds is 4. The highest BCUT2D eigenvalue weighted by atomic mass is 32.1. The van der Waals surface area contributed by atoms with Gasteiger partial charge in [0.15, 0.2) is 0 Å². The molecule has 1 aromatic carbocycles. The molecule has 0 unspecified atom stereocenters. The molecular formula is C26H32N2O2S. The quantitative estimate of drug-likeness (QED) is 0.672. The van der Waals surface area contributed by atoms with Crippen molar-refractivity contribution >= 4 is 23.2 Å². The van der Waals surface area contributed by atoms with Gasteiger partial charge >= 0.3 is 0 Å². The lowest BCUT2D eigenvalue weighted by Crippen LogP contribution is -2.52. The normalized spacial score (nSPS) is 29.1. The predicted molar refractivity (Wildman–Crippen MR) is 124 cm³/mol. The van der Waals surface area contributed by atoms with E-state index in [4.69, 9.17) is 0 Å². The fourth-order valence-corrected chi connectivity index (χ4v) is 6.84. The molecule has 4 atom stereocenters. The molecule has 31 heavy (non-hydrogen) atoms. The van der Waals surface area contributed by atoms with Crippen LogP contribution in [0.4, 0.5) is 0 Å². The van der Waals surface area contributed by atoms with Crippen molar-refractivity contribution in [3.8, 4) is 0 Å². The summed E-state index contributed by atoms with van der Waals surface area (Å²) < 4.78 is 0. The Morgan fingerprint density at radius 1 is 1.00 bits per heavy atom. The minimum atomic E-state index is -0.359. The van der Waals surface area contributed by atoms with Crippen molar-refractivity contribution in [1.82, 2.24) is 10.2 Å². The largest absolute Gasteiger partial charge is 0.352 e. The van der Waals surface area contributed by atoms with Gasteiger partial charge in [-0.05, 0) is 54.7 Å². The maximum absolute atomic E-state index is 13.9. The van der Waals surface area contributed by atoms with Gasteiger partial charge < -0.3 is 10.2 Å². The van der Waals surface area contributed by atoms with Crippen molar-refractivity contribution in [3.63, 3.8) is 0 Å². The Balaban J connectivity index is 1.57. The molecule has 4 nitrogen and oxygen atoms in total. The van der Waals surface area contributed by atoms with Crippen molar-refractivity contribution in [2.24, 2.45) is 5.92 Å². The Bertz CT molecular complexity index is 935. The molecule has 5 rings (SSSR count). The zero-order valence-electron chi connectivity index (χ0n) is 18.3. The topological polar surface area (TPSA) is 49.4 Å². The highest BCUT2D eigenvalue weighted by Gasteiger charge is 2.47. The summed E-state index contributed by atoms with van der Waals surface area (Å²) in [7, 11) is 0. The van der Waals surface area contributed by atoms with Crippen molar-refractivity contribution in [2.75, 3.05) is 0 Å². The summed E-state index contributed by atoms with van der Waals surface area (Å²) in [4.78, 5) is 30.8. The Labute approximate surface area is 189 Å². The molecule has 2 aromatic rings. The Kier molecular flexibility index (Phi) is 5.87. The number of carbonyl (C=O) groups is 2. The first kappa shape index (κ1) is 20.7. The minimum absolute atomic E-state index is 0.0834. The van der Waals surface area contributed by atoms with Crippen LogP contribution in [0, 0.1) is 5.92 Å². The van der Waals surface area contributed by atoms with Gasteiger partial charge in [0.1, 0.15) is 0 Å². The van der Waals surface area contributed by atoms with Gasteiger partial charge in [0, 0.05) is 22.5 Å². The third-order valence-corrected chi connectivity index (χ3v) is 8.59. The number of fused-ring (bicyclic) bond motifs is 1. The summed E-state index contributed by atoms with van der Waals surface area (Å²) in [5.41, 5.74) is 1.60. The number of nitrogens with one attached hydrogen (secondary N) is 1. The summed E-state index contributed by atoms with van der Waals surface area (Å²) in [6, 6.07) is 12.2. The van der Waals surface area contributed by atoms with Crippen molar-refractivity contribution < 1.29 is 9.59 Å². The molecule has 1 aromatic heterocycles. The number of hydrogen-bond donors (Lipinski definition) is 1. The van der Waals surface area contributed by atoms with Crippen LogP contribution in [0.15, 0.2) is 41.8 Å². The zero-order chi connectivity index (χ0) is 21.4. The molecule has 0 radical (unpaired) electrons. The van der Waals surface area contributed by atoms with Crippen LogP contribution in [0.3, 0.4) is 0 Å². The second-order valence-corrected chi connectivity index (χ2v) is 10.5. The molecule has 1 N–H and O–H groups in total. The van der Waals surface area contributed by atoms with Crippen molar-refractivity contribution in [2.45, 2.75) is 82.3 Å². The van der Waals surface area contributed by atoms with E-state index in [1.807, 2.05) is 30.3 Å². The lowest BCUT2D eigenvalue weighted by molar-refractivity contribution is -0.125. The number of thiophene rings is 1. The van der Waals surface area contributed by atoms with Crippen molar-refractivity contribution in [3.05, 3.63) is 57.8 Å². The zero-order valence-corrected chi connectivity index (χ0v) is 19.1. The summed E-state index contributed by atoms with van der Waals surface area (Å²) in [6.45, 7) is 2.25. The number of benzene rings is 1. The average molecular weight is 437 g/mol. The number of amides is 2. The Morgan fingerprint density at radius 3 is 2.48 bits per heavy atom. The van der Waals surface area contributed by atoms with E-state index in [1.54, 1.807) is 11.3 Å². The third-order valence-electron chi connectivity index (χ3n) is 7.65. The first-order valence-electron chi connectivity index (χ1n) is 11.9. The van der Waals surface area contributed by atoms with E-state index in [2.05, 4.69) is 28.6 Å². The molecule has 5 heteroatoms. The van der Waals surface area contributed by atoms with E-state index in [0.717, 1.165) is 42.5 Å². The molecule has 0 bridgehead atoms. The van der Waals surface area contributed by atoms with E-state index in [-0.39, 0.29) is 35.9 Å². The smallest absolute Gasteiger partial charge is 0.254 e. The van der Waals surface area contributed by atoms with Gasteiger partial charge in [0.05, 0.1) is 12.0 Å². The first-order chi connectivity index (χ1) is 15.1. The molecule has 2 fully saturated rings. The standard InChI is InChI=1S/C26H32N2O2S/c1-17-9-2-7-14-21(17)27-25(29)23-19-12-5-6-13-20(19)26(30)28(18-10-3-4-11-18)24(23)22-15-8-16-31-22/h5-6,8,12-13,15-18,21,23-24H,2-4,7,9-11,14H2,1H3,(H,27,29)/t17-,21+,23+,24+/m1/s1. The average Bonchev–Trinajstić information content (AvgIpc) is 3.49. The first-order valence-corrected chi connectivity index (χ1v) is 12.8. The minimum Gasteiger partial charge on any atom is -0.352 e. The summed E-state index contributed by atoms with van der Waals surface area (Å²) in [5.74, 6) is 0.322. The summed E-state index contributed by atoms with van der Waals surface area (Å²) >= 11 is 1.66. The van der Waals surface area contributed by atoms with E-state index < -0.39 is 0 Å². The van der Waals surface area contributed by atoms with Crippen LogP contribution in [0.5, 0.6) is 0 Å². The molecule has 3 aliphatic rings. The Hall–Kier alpha value is -2.14. The molecule has 2 heterocycles. The van der Waals surface area contributed by atoms with E-state index in [1.165, 1.54) is 19.3 Å². The number of hydrogen-bond acceptors (Lipinski definition) is 3. The van der Waals surface area contributed by atoms with Crippen LogP contribution in [0.1, 0.15) is 91.0 Å². The van der Waals surface area contributed by atoms with Gasteiger partial charge in [0.2, 0.25) is 5.91 Å². The second kappa shape index (κ2) is 8.78. The molecule has 2 amide bonds. The molecule has 0 spiro atoms. The Morgan fingerprint density at radius 2 is 1.74 bits per heavy atom. The molecule has 2 aliphatic carbocycles. The van der Waals surface area contributed by atoms with Crippen LogP contribution in [-0.2, 0) is 4.79 Å². The SMILES string of the molecule is C[C@@H]1CCCC[C@@H]1NC(=O)[C@H]1c2ccccc2C(=O)N(C2CCCC2)[C@H]1c1cccs1. The van der Waals surface area contributed by atoms with Crippen LogP contribution in [0.2, 0.25) is 0 Å². The van der Waals surface area contributed by atoms with Gasteiger partial charge in [-0.25, -0.2) is 0 Å². The summed E-state index contributed by atoms with van der Waals surface area (Å²) in [6.07, 6.45) is 9.03. The maximum atomic E-state index is 13.9. The van der Waals surface area contributed by atoms with Gasteiger partial charge in [0.25, 0.3) is 5.91 Å². The number of carbonyl (C=O) groups excluding carboxylic acids is 2. The van der Waals surface area contributed by atoms with Crippen LogP contribution in [-0.4, -0.2) is 28.8 Å². The second-order valence-electron chi connectivity index (χ2n) is 9.55. The van der Waals surface area contributed by atoms with Gasteiger partial charge in [-0.15, -0.1) is 11.3 Å². The molecule has 164 valence electrons. The lowest BCUT2D eigenvalue weighted by atomic mass is 9.79. The van der Waals surface area contributed by atoms with Gasteiger partial charge in [-0.3, -0.25) is 9.59 Å². The maximum Gasteiger partial charge on any atom is 0.254 e. The lowest BCUT2D eigenvalue weighted by Gasteiger charge is -2.45.